The summed E-state index contributed by atoms with van der Waals surface area (Å²) in [6.07, 6.45) is 3.03. The number of carbonyl (C=O) groups is 1. The van der Waals surface area contributed by atoms with Crippen molar-refractivity contribution in [3.63, 3.8) is 0 Å². The Bertz CT molecular complexity index is 402. The van der Waals surface area contributed by atoms with E-state index in [1.165, 1.54) is 11.3 Å². The molecule has 18 heavy (non-hydrogen) atoms. The maximum absolute atomic E-state index is 12.1. The zero-order valence-electron chi connectivity index (χ0n) is 10.6. The molecule has 0 aliphatic carbocycles. The first-order chi connectivity index (χ1) is 8.70. The van der Waals surface area contributed by atoms with E-state index in [9.17, 15) is 4.79 Å². The monoisotopic (exact) mass is 269 g/mol. The Morgan fingerprint density at radius 1 is 1.72 bits per heavy atom. The number of likely N-dealkylation sites (N-methyl/N-ethyl adjacent to an activating group) is 1. The largest absolute Gasteiger partial charge is 0.376 e. The van der Waals surface area contributed by atoms with Crippen molar-refractivity contribution in [1.29, 1.82) is 0 Å². The lowest BCUT2D eigenvalue weighted by Crippen LogP contribution is -2.34. The summed E-state index contributed by atoms with van der Waals surface area (Å²) in [5, 5.41) is 2.73. The van der Waals surface area contributed by atoms with E-state index >= 15 is 0 Å². The highest BCUT2D eigenvalue weighted by Crippen LogP contribution is 2.15. The molecule has 0 spiro atoms. The number of thiazole rings is 1. The molecule has 1 aromatic heterocycles. The van der Waals surface area contributed by atoms with Crippen molar-refractivity contribution in [2.24, 2.45) is 5.73 Å². The van der Waals surface area contributed by atoms with E-state index in [-0.39, 0.29) is 12.0 Å². The molecule has 1 fully saturated rings. The van der Waals surface area contributed by atoms with Gasteiger partial charge in [-0.25, -0.2) is 4.98 Å². The zero-order chi connectivity index (χ0) is 13.0. The molecule has 1 saturated heterocycles. The van der Waals surface area contributed by atoms with Gasteiger partial charge in [-0.2, -0.15) is 0 Å². The number of nitrogens with two attached hydrogens (primary N) is 1. The average molecular weight is 269 g/mol. The van der Waals surface area contributed by atoms with Gasteiger partial charge in [0.2, 0.25) is 0 Å². The quantitative estimate of drug-likeness (QED) is 0.862. The van der Waals surface area contributed by atoms with Crippen LogP contribution >= 0.6 is 11.3 Å². The highest BCUT2D eigenvalue weighted by molar-refractivity contribution is 7.09. The van der Waals surface area contributed by atoms with Gasteiger partial charge in [0.1, 0.15) is 5.69 Å². The van der Waals surface area contributed by atoms with Crippen molar-refractivity contribution in [3.8, 4) is 0 Å². The zero-order valence-corrected chi connectivity index (χ0v) is 11.4. The molecule has 0 radical (unpaired) electrons. The molecule has 0 saturated carbocycles. The molecule has 6 heteroatoms. The van der Waals surface area contributed by atoms with Crippen LogP contribution < -0.4 is 5.73 Å². The first-order valence-electron chi connectivity index (χ1n) is 6.22. The summed E-state index contributed by atoms with van der Waals surface area (Å²) >= 11 is 1.49. The van der Waals surface area contributed by atoms with Crippen molar-refractivity contribution in [1.82, 2.24) is 9.88 Å². The van der Waals surface area contributed by atoms with E-state index in [1.54, 1.807) is 17.3 Å². The minimum atomic E-state index is -0.0370. The molecule has 1 aromatic rings. The highest BCUT2D eigenvalue weighted by atomic mass is 32.1. The van der Waals surface area contributed by atoms with Gasteiger partial charge in [0.15, 0.2) is 0 Å². The second-order valence-electron chi connectivity index (χ2n) is 4.49. The fraction of sp³-hybridized carbons (Fsp3) is 0.667. The Kier molecular flexibility index (Phi) is 4.68. The molecule has 1 aliphatic rings. The number of carbonyl (C=O) groups excluding carboxylic acids is 1. The number of aromatic nitrogens is 1. The van der Waals surface area contributed by atoms with Gasteiger partial charge in [-0.3, -0.25) is 4.79 Å². The summed E-state index contributed by atoms with van der Waals surface area (Å²) < 4.78 is 5.53. The van der Waals surface area contributed by atoms with Crippen LogP contribution in [0.3, 0.4) is 0 Å². The van der Waals surface area contributed by atoms with Gasteiger partial charge >= 0.3 is 0 Å². The molecular formula is C12H19N3O2S. The number of rotatable bonds is 5. The van der Waals surface area contributed by atoms with Crippen LogP contribution in [0.2, 0.25) is 0 Å². The Balaban J connectivity index is 1.91. The van der Waals surface area contributed by atoms with E-state index in [0.29, 0.717) is 18.8 Å². The van der Waals surface area contributed by atoms with Crippen LogP contribution in [-0.4, -0.2) is 48.6 Å². The standard InChI is InChI=1S/C12H19N3O2S/c1-15(7-9-3-2-6-17-9)12(16)10-8-18-11(14-10)4-5-13/h8-9H,2-7,13H2,1H3. The summed E-state index contributed by atoms with van der Waals surface area (Å²) in [5.41, 5.74) is 5.99. The number of nitrogens with zero attached hydrogens (tertiary/aromatic N) is 2. The van der Waals surface area contributed by atoms with Gasteiger partial charge in [0.05, 0.1) is 11.1 Å². The summed E-state index contributed by atoms with van der Waals surface area (Å²) in [6, 6.07) is 0. The predicted octanol–water partition coefficient (Wildman–Crippen LogP) is 0.895. The fourth-order valence-electron chi connectivity index (χ4n) is 2.02. The van der Waals surface area contributed by atoms with Crippen molar-refractivity contribution < 1.29 is 9.53 Å². The van der Waals surface area contributed by atoms with Crippen LogP contribution in [0.1, 0.15) is 28.3 Å². The molecule has 1 aliphatic heterocycles. The van der Waals surface area contributed by atoms with Crippen LogP contribution in [0, 0.1) is 0 Å². The minimum Gasteiger partial charge on any atom is -0.376 e. The van der Waals surface area contributed by atoms with Gasteiger partial charge in [0, 0.05) is 32.0 Å². The summed E-state index contributed by atoms with van der Waals surface area (Å²) in [6.45, 7) is 2.01. The van der Waals surface area contributed by atoms with Gasteiger partial charge in [-0.05, 0) is 19.4 Å². The minimum absolute atomic E-state index is 0.0370. The summed E-state index contributed by atoms with van der Waals surface area (Å²) in [7, 11) is 1.80. The van der Waals surface area contributed by atoms with Gasteiger partial charge < -0.3 is 15.4 Å². The van der Waals surface area contributed by atoms with E-state index in [4.69, 9.17) is 10.5 Å². The van der Waals surface area contributed by atoms with Crippen LogP contribution in [0.15, 0.2) is 5.38 Å². The first kappa shape index (κ1) is 13.5. The Morgan fingerprint density at radius 2 is 2.56 bits per heavy atom. The molecule has 0 aromatic carbocycles. The normalized spacial score (nSPS) is 19.1. The third kappa shape index (κ3) is 3.28. The fourth-order valence-corrected chi connectivity index (χ4v) is 2.81. The molecule has 0 bridgehead atoms. The number of amides is 1. The van der Waals surface area contributed by atoms with Gasteiger partial charge in [0.25, 0.3) is 5.91 Å². The van der Waals surface area contributed by atoms with Crippen LogP contribution in [0.5, 0.6) is 0 Å². The molecule has 1 unspecified atom stereocenters. The van der Waals surface area contributed by atoms with Crippen molar-refractivity contribution in [2.75, 3.05) is 26.7 Å². The third-order valence-corrected chi connectivity index (χ3v) is 3.89. The lowest BCUT2D eigenvalue weighted by molar-refractivity contribution is 0.0583. The molecule has 5 nitrogen and oxygen atoms in total. The summed E-state index contributed by atoms with van der Waals surface area (Å²) in [5.74, 6) is -0.0370. The van der Waals surface area contributed by atoms with Gasteiger partial charge in [-0.1, -0.05) is 0 Å². The van der Waals surface area contributed by atoms with Crippen molar-refractivity contribution in [3.05, 3.63) is 16.1 Å². The maximum Gasteiger partial charge on any atom is 0.273 e. The SMILES string of the molecule is CN(CC1CCCO1)C(=O)c1csc(CCN)n1. The second-order valence-corrected chi connectivity index (χ2v) is 5.43. The molecule has 1 amide bonds. The maximum atomic E-state index is 12.1. The lowest BCUT2D eigenvalue weighted by atomic mass is 10.2. The average Bonchev–Trinajstić information content (AvgIpc) is 3.00. The van der Waals surface area contributed by atoms with Crippen LogP contribution in [-0.2, 0) is 11.2 Å². The third-order valence-electron chi connectivity index (χ3n) is 2.98. The molecule has 100 valence electrons. The molecular weight excluding hydrogens is 250 g/mol. The van der Waals surface area contributed by atoms with Crippen LogP contribution in [0.25, 0.3) is 0 Å². The van der Waals surface area contributed by atoms with Crippen LogP contribution in [0.4, 0.5) is 0 Å². The Hall–Kier alpha value is -0.980. The van der Waals surface area contributed by atoms with Gasteiger partial charge in [-0.15, -0.1) is 11.3 Å². The Labute approximate surface area is 111 Å². The first-order valence-corrected chi connectivity index (χ1v) is 7.10. The summed E-state index contributed by atoms with van der Waals surface area (Å²) in [4.78, 5) is 18.1. The highest BCUT2D eigenvalue weighted by Gasteiger charge is 2.22. The smallest absolute Gasteiger partial charge is 0.273 e. The number of hydrogen-bond donors (Lipinski definition) is 1. The van der Waals surface area contributed by atoms with E-state index in [1.807, 2.05) is 0 Å². The second kappa shape index (κ2) is 6.26. The van der Waals surface area contributed by atoms with Crippen molar-refractivity contribution >= 4 is 17.2 Å². The predicted molar refractivity (Wildman–Crippen MR) is 70.8 cm³/mol. The van der Waals surface area contributed by atoms with E-state index < -0.39 is 0 Å². The molecule has 2 rings (SSSR count). The molecule has 2 heterocycles. The molecule has 1 atom stereocenters. The lowest BCUT2D eigenvalue weighted by Gasteiger charge is -2.19. The molecule has 2 N–H and O–H groups in total. The van der Waals surface area contributed by atoms with Crippen molar-refractivity contribution in [2.45, 2.75) is 25.4 Å². The number of hydrogen-bond acceptors (Lipinski definition) is 5. The topological polar surface area (TPSA) is 68.5 Å². The number of ether oxygens (including phenoxy) is 1. The van der Waals surface area contributed by atoms with E-state index in [2.05, 4.69) is 4.98 Å². The van der Waals surface area contributed by atoms with E-state index in [0.717, 1.165) is 30.9 Å². The Morgan fingerprint density at radius 3 is 3.22 bits per heavy atom.